The smallest absolute Gasteiger partial charge is 0.306 e. The van der Waals surface area contributed by atoms with Gasteiger partial charge in [-0.25, -0.2) is 0 Å². The van der Waals surface area contributed by atoms with E-state index in [4.69, 9.17) is 23.3 Å². The monoisotopic (exact) mass is 1190 g/mol. The van der Waals surface area contributed by atoms with Gasteiger partial charge in [0.25, 0.3) is 15.6 Å². The molecule has 16 nitrogen and oxygen atoms in total. The van der Waals surface area contributed by atoms with Crippen molar-refractivity contribution in [1.82, 2.24) is 0 Å². The topological polar surface area (TPSA) is 237 Å². The van der Waals surface area contributed by atoms with Crippen LogP contribution in [-0.4, -0.2) is 86.1 Å². The maximum Gasteiger partial charge on any atom is 0.306 e. The van der Waals surface area contributed by atoms with E-state index in [2.05, 4.69) is 90.6 Å². The van der Waals surface area contributed by atoms with Crippen molar-refractivity contribution in [3.63, 3.8) is 0 Å². The number of hydrogen-bond acceptors (Lipinski definition) is 16. The highest BCUT2D eigenvalue weighted by Crippen LogP contribution is 2.40. The zero-order chi connectivity index (χ0) is 59.6. The Morgan fingerprint density at radius 3 is 1.01 bits per heavy atom. The van der Waals surface area contributed by atoms with E-state index in [1.807, 2.05) is 0 Å². The summed E-state index contributed by atoms with van der Waals surface area (Å²) in [6.45, 7) is 2.16. The van der Waals surface area contributed by atoms with E-state index in [0.29, 0.717) is 19.3 Å². The number of aliphatic hydroxyl groups excluding tert-OH is 2. The summed E-state index contributed by atoms with van der Waals surface area (Å²) >= 11 is 0. The Balaban J connectivity index is 4.74. The van der Waals surface area contributed by atoms with Gasteiger partial charge in [0.15, 0.2) is 6.10 Å². The third kappa shape index (κ3) is 58.8. The molecule has 0 rings (SSSR count). The number of aliphatic hydroxyl groups is 2. The van der Waals surface area contributed by atoms with Gasteiger partial charge in [-0.3, -0.25) is 23.5 Å². The van der Waals surface area contributed by atoms with Crippen LogP contribution in [0.1, 0.15) is 265 Å². The van der Waals surface area contributed by atoms with Crippen LogP contribution < -0.4 is 9.79 Å². The van der Waals surface area contributed by atoms with Crippen LogP contribution in [0.15, 0.2) is 60.8 Å². The van der Waals surface area contributed by atoms with Crippen molar-refractivity contribution >= 4 is 33.6 Å². The van der Waals surface area contributed by atoms with Crippen LogP contribution in [0.25, 0.3) is 0 Å². The van der Waals surface area contributed by atoms with Crippen LogP contribution in [0.3, 0.4) is 0 Å². The molecule has 0 aliphatic rings. The lowest BCUT2D eigenvalue weighted by Crippen LogP contribution is -2.31. The van der Waals surface area contributed by atoms with Gasteiger partial charge < -0.3 is 52.3 Å². The van der Waals surface area contributed by atoms with Crippen LogP contribution >= 0.6 is 15.6 Å². The van der Waals surface area contributed by atoms with Crippen LogP contribution in [0.4, 0.5) is 0 Å². The van der Waals surface area contributed by atoms with Crippen molar-refractivity contribution in [1.29, 1.82) is 0 Å². The number of phosphoric acid groups is 2. The zero-order valence-electron chi connectivity index (χ0n) is 50.6. The van der Waals surface area contributed by atoms with E-state index >= 15 is 0 Å². The molecule has 0 aromatic carbocycles. The molecule has 0 aromatic heterocycles. The van der Waals surface area contributed by atoms with Gasteiger partial charge in [0, 0.05) is 19.3 Å². The fraction of sp³-hybridized carbons (Fsp3) is 0.794. The molecule has 0 bridgehead atoms. The number of allylic oxidation sites excluding steroid dienone is 10. The number of carbonyl (C=O) groups is 3. The predicted molar refractivity (Wildman–Crippen MR) is 321 cm³/mol. The third-order valence-corrected chi connectivity index (χ3v) is 15.0. The minimum absolute atomic E-state index is 0.0726. The van der Waals surface area contributed by atoms with E-state index in [0.717, 1.165) is 128 Å². The van der Waals surface area contributed by atoms with E-state index in [9.17, 15) is 43.5 Å². The van der Waals surface area contributed by atoms with Crippen molar-refractivity contribution in [2.75, 3.05) is 39.6 Å². The first-order valence-electron chi connectivity index (χ1n) is 31.6. The molecular weight excluding hydrogens is 1070 g/mol. The van der Waals surface area contributed by atoms with E-state index in [1.165, 1.54) is 77.0 Å². The van der Waals surface area contributed by atoms with Crippen molar-refractivity contribution in [2.45, 2.75) is 283 Å². The van der Waals surface area contributed by atoms with Crippen LogP contribution in [0, 0.1) is 0 Å². The SMILES string of the molecule is CCCCC/C=C\C/C=C\CCCCCCCC(=O)OC[C@@H](O)COP(=O)([O-])OCC(O)COP(=O)([O-])OC[C@@H](COC(=O)CCCCCCC/C=C\C/C=C\CCCCC)OC(=O)CCCCCCC/C=C\CCCCCCCC. The van der Waals surface area contributed by atoms with Crippen LogP contribution in [0.5, 0.6) is 0 Å². The molecule has 0 aliphatic carbocycles. The van der Waals surface area contributed by atoms with Gasteiger partial charge in [0.2, 0.25) is 0 Å². The number of carbonyl (C=O) groups excluding carboxylic acids is 3. The maximum atomic E-state index is 12.9. The van der Waals surface area contributed by atoms with Gasteiger partial charge >= 0.3 is 17.9 Å². The fourth-order valence-corrected chi connectivity index (χ4v) is 9.82. The average molecular weight is 1190 g/mol. The number of phosphoric ester groups is 2. The third-order valence-electron chi connectivity index (χ3n) is 13.2. The lowest BCUT2D eigenvalue weighted by atomic mass is 10.1. The average Bonchev–Trinajstić information content (AvgIpc) is 3.45. The molecule has 3 unspecified atom stereocenters. The van der Waals surface area contributed by atoms with Gasteiger partial charge in [0.1, 0.15) is 25.4 Å². The molecule has 0 aliphatic heterocycles. The minimum Gasteiger partial charge on any atom is -0.756 e. The molecule has 0 radical (unpaired) electrons. The second kappa shape index (κ2) is 57.7. The van der Waals surface area contributed by atoms with Crippen LogP contribution in [-0.2, 0) is 55.8 Å². The van der Waals surface area contributed by atoms with E-state index in [-0.39, 0.29) is 19.3 Å². The van der Waals surface area contributed by atoms with Crippen molar-refractivity contribution < 1.29 is 75.8 Å². The van der Waals surface area contributed by atoms with Gasteiger partial charge in [0.05, 0.1) is 26.4 Å². The fourth-order valence-electron chi connectivity index (χ4n) is 8.26. The molecule has 0 heterocycles. The van der Waals surface area contributed by atoms with Gasteiger partial charge in [-0.1, -0.05) is 197 Å². The Bertz CT molecular complexity index is 1730. The Hall–Kier alpha value is -2.75. The summed E-state index contributed by atoms with van der Waals surface area (Å²) in [4.78, 5) is 62.6. The molecule has 472 valence electrons. The Labute approximate surface area is 490 Å². The van der Waals surface area contributed by atoms with E-state index < -0.39 is 91.5 Å². The Morgan fingerprint density at radius 2 is 0.630 bits per heavy atom. The lowest BCUT2D eigenvalue weighted by molar-refractivity contribution is -0.233. The first kappa shape index (κ1) is 78.2. The van der Waals surface area contributed by atoms with Crippen molar-refractivity contribution in [3.05, 3.63) is 60.8 Å². The van der Waals surface area contributed by atoms with Gasteiger partial charge in [-0.15, -0.1) is 0 Å². The van der Waals surface area contributed by atoms with Crippen LogP contribution in [0.2, 0.25) is 0 Å². The molecule has 18 heteroatoms. The molecule has 0 saturated heterocycles. The van der Waals surface area contributed by atoms with Gasteiger partial charge in [-0.05, 0) is 109 Å². The van der Waals surface area contributed by atoms with E-state index in [1.54, 1.807) is 0 Å². The molecule has 0 spiro atoms. The Kier molecular flexibility index (Phi) is 55.7. The first-order chi connectivity index (χ1) is 39.2. The normalized spacial score (nSPS) is 14.8. The maximum absolute atomic E-state index is 12.9. The molecule has 0 aromatic rings. The lowest BCUT2D eigenvalue weighted by Gasteiger charge is -2.27. The standard InChI is InChI=1S/C63H114O16P2/c1-4-7-10-13-16-19-22-25-28-31-34-37-40-43-46-49-61(66)73-52-58(64)53-75-80(69,70)76-54-59(65)55-77-81(71,72)78-57-60(79-63(68)51-48-45-42-39-36-33-30-27-24-21-18-15-12-9-6-3)56-74-62(67)50-47-44-41-38-35-32-29-26-23-20-17-14-11-8-5-2/h16-17,19-20,25-30,58-60,64-65H,4-15,18,21-24,31-57H2,1-3H3,(H,69,70)(H,71,72)/p-2/b19-16-,20-17-,28-25-,29-26-,30-27-/t58-,59?,60-/m1/s1. The summed E-state index contributed by atoms with van der Waals surface area (Å²) in [5.41, 5.74) is 0. The highest BCUT2D eigenvalue weighted by molar-refractivity contribution is 7.46. The molecule has 0 amide bonds. The summed E-state index contributed by atoms with van der Waals surface area (Å²) in [7, 11) is -10.3. The largest absolute Gasteiger partial charge is 0.756 e. The summed E-state index contributed by atoms with van der Waals surface area (Å²) < 4.78 is 59.8. The molecule has 0 fully saturated rings. The highest BCUT2D eigenvalue weighted by atomic mass is 31.2. The van der Waals surface area contributed by atoms with Crippen molar-refractivity contribution in [2.24, 2.45) is 0 Å². The number of esters is 3. The number of rotatable bonds is 60. The zero-order valence-corrected chi connectivity index (χ0v) is 52.4. The van der Waals surface area contributed by atoms with Crippen molar-refractivity contribution in [3.8, 4) is 0 Å². The molecule has 2 N–H and O–H groups in total. The van der Waals surface area contributed by atoms with Gasteiger partial charge in [-0.2, -0.15) is 0 Å². The second-order valence-corrected chi connectivity index (χ2v) is 24.0. The first-order valence-corrected chi connectivity index (χ1v) is 34.5. The second-order valence-electron chi connectivity index (χ2n) is 21.2. The molecule has 5 atom stereocenters. The minimum atomic E-state index is -5.19. The summed E-state index contributed by atoms with van der Waals surface area (Å²) in [6, 6.07) is 0. The highest BCUT2D eigenvalue weighted by Gasteiger charge is 2.23. The quantitative estimate of drug-likeness (QED) is 0.0189. The molecule has 0 saturated carbocycles. The summed E-state index contributed by atoms with van der Waals surface area (Å²) in [5, 5.41) is 20.4. The summed E-state index contributed by atoms with van der Waals surface area (Å²) in [5.74, 6) is -1.67. The number of hydrogen-bond donors (Lipinski definition) is 2. The number of ether oxygens (including phenoxy) is 3. The summed E-state index contributed by atoms with van der Waals surface area (Å²) in [6.07, 6.45) is 55.1. The molecular formula is C63H112O16P2-2. The Morgan fingerprint density at radius 1 is 0.358 bits per heavy atom. The molecule has 81 heavy (non-hydrogen) atoms. The predicted octanol–water partition coefficient (Wildman–Crippen LogP) is 15.4. The number of unbranched alkanes of at least 4 members (excludes halogenated alkanes) is 27.